The molecule has 0 aliphatic carbocycles. The highest BCUT2D eigenvalue weighted by molar-refractivity contribution is 7.17. The summed E-state index contributed by atoms with van der Waals surface area (Å²) in [5.41, 5.74) is 1.09. The molecule has 1 nitrogen and oxygen atoms in total. The van der Waals surface area contributed by atoms with Crippen LogP contribution >= 0.6 is 11.3 Å². The van der Waals surface area contributed by atoms with Gasteiger partial charge in [0.05, 0.1) is 17.2 Å². The number of nitrogens with zero attached hydrogens (tertiary/aromatic N) is 1. The summed E-state index contributed by atoms with van der Waals surface area (Å²) >= 11 is 1.53. The van der Waals surface area contributed by atoms with Crippen LogP contribution in [-0.2, 0) is 6.18 Å². The zero-order chi connectivity index (χ0) is 16.4. The molecular formula is C18H10F3NS. The van der Waals surface area contributed by atoms with Crippen molar-refractivity contribution in [1.29, 1.82) is 5.26 Å². The van der Waals surface area contributed by atoms with Crippen LogP contribution in [0, 0.1) is 11.3 Å². The molecule has 0 atom stereocenters. The molecule has 0 aliphatic heterocycles. The molecule has 0 amide bonds. The summed E-state index contributed by atoms with van der Waals surface area (Å²) in [7, 11) is 0. The number of hydrogen-bond acceptors (Lipinski definition) is 2. The number of alkyl halides is 3. The molecule has 0 aliphatic rings. The Morgan fingerprint density at radius 1 is 1.04 bits per heavy atom. The second kappa shape index (κ2) is 5.90. The molecule has 1 heterocycles. The van der Waals surface area contributed by atoms with Crippen LogP contribution in [0.4, 0.5) is 13.2 Å². The first-order valence-electron chi connectivity index (χ1n) is 6.75. The Kier molecular flexibility index (Phi) is 3.93. The zero-order valence-electron chi connectivity index (χ0n) is 11.8. The highest BCUT2D eigenvalue weighted by atomic mass is 32.1. The van der Waals surface area contributed by atoms with E-state index in [-0.39, 0.29) is 0 Å². The van der Waals surface area contributed by atoms with Crippen molar-refractivity contribution in [3.63, 3.8) is 0 Å². The van der Waals surface area contributed by atoms with Crippen LogP contribution in [-0.4, -0.2) is 0 Å². The predicted octanol–water partition coefficient (Wildman–Crippen LogP) is 5.98. The summed E-state index contributed by atoms with van der Waals surface area (Å²) in [6.07, 6.45) is -2.75. The molecule has 0 fully saturated rings. The van der Waals surface area contributed by atoms with Gasteiger partial charge in [-0.05, 0) is 29.8 Å². The van der Waals surface area contributed by atoms with Crippen LogP contribution in [0.2, 0.25) is 0 Å². The number of benzene rings is 2. The Morgan fingerprint density at radius 3 is 2.39 bits per heavy atom. The number of allylic oxidation sites excluding steroid dienone is 1. The zero-order valence-corrected chi connectivity index (χ0v) is 12.6. The van der Waals surface area contributed by atoms with E-state index >= 15 is 0 Å². The average Bonchev–Trinajstić information content (AvgIpc) is 2.96. The van der Waals surface area contributed by atoms with Crippen molar-refractivity contribution in [1.82, 2.24) is 0 Å². The quantitative estimate of drug-likeness (QED) is 0.530. The van der Waals surface area contributed by atoms with Crippen molar-refractivity contribution in [3.05, 3.63) is 70.6 Å². The van der Waals surface area contributed by atoms with E-state index in [0.29, 0.717) is 11.1 Å². The third kappa shape index (κ3) is 3.13. The van der Waals surface area contributed by atoms with E-state index < -0.39 is 11.7 Å². The third-order valence-corrected chi connectivity index (χ3v) is 4.40. The van der Waals surface area contributed by atoms with Crippen molar-refractivity contribution in [2.45, 2.75) is 6.18 Å². The predicted molar refractivity (Wildman–Crippen MR) is 86.8 cm³/mol. The highest BCUT2D eigenvalue weighted by Crippen LogP contribution is 2.32. The van der Waals surface area contributed by atoms with Crippen LogP contribution in [0.25, 0.3) is 21.7 Å². The monoisotopic (exact) mass is 329 g/mol. The minimum atomic E-state index is -4.36. The van der Waals surface area contributed by atoms with Crippen LogP contribution < -0.4 is 0 Å². The van der Waals surface area contributed by atoms with Gasteiger partial charge < -0.3 is 0 Å². The Labute approximate surface area is 134 Å². The summed E-state index contributed by atoms with van der Waals surface area (Å²) in [6.45, 7) is 0. The molecule has 3 aromatic rings. The van der Waals surface area contributed by atoms with Gasteiger partial charge in [-0.1, -0.05) is 30.3 Å². The van der Waals surface area contributed by atoms with Gasteiger partial charge in [0.15, 0.2) is 0 Å². The van der Waals surface area contributed by atoms with Crippen LogP contribution in [0.5, 0.6) is 0 Å². The van der Waals surface area contributed by atoms with Crippen LogP contribution in [0.1, 0.15) is 16.7 Å². The first-order chi connectivity index (χ1) is 11.0. The van der Waals surface area contributed by atoms with Gasteiger partial charge >= 0.3 is 6.18 Å². The molecule has 0 spiro atoms. The summed E-state index contributed by atoms with van der Waals surface area (Å²) in [5.74, 6) is 0. The lowest BCUT2D eigenvalue weighted by Crippen LogP contribution is -2.03. The maximum atomic E-state index is 12.6. The Morgan fingerprint density at radius 2 is 1.74 bits per heavy atom. The highest BCUT2D eigenvalue weighted by Gasteiger charge is 2.29. The Balaban J connectivity index is 2.01. The molecule has 0 unspecified atom stereocenters. The fourth-order valence-corrected chi connectivity index (χ4v) is 3.25. The smallest absolute Gasteiger partial charge is 0.192 e. The maximum Gasteiger partial charge on any atom is 0.416 e. The van der Waals surface area contributed by atoms with Gasteiger partial charge in [-0.15, -0.1) is 11.3 Å². The molecule has 0 N–H and O–H groups in total. The number of halogens is 3. The second-order valence-electron chi connectivity index (χ2n) is 4.94. The van der Waals surface area contributed by atoms with Crippen molar-refractivity contribution in [2.24, 2.45) is 0 Å². The summed E-state index contributed by atoms with van der Waals surface area (Å²) in [4.78, 5) is 0. The van der Waals surface area contributed by atoms with Gasteiger partial charge in [0.1, 0.15) is 0 Å². The average molecular weight is 329 g/mol. The minimum absolute atomic E-state index is 0.433. The van der Waals surface area contributed by atoms with Crippen molar-refractivity contribution in [3.8, 4) is 6.07 Å². The number of rotatable bonds is 2. The number of thiophene rings is 1. The van der Waals surface area contributed by atoms with Crippen LogP contribution in [0.3, 0.4) is 0 Å². The normalized spacial score (nSPS) is 12.3. The number of nitriles is 1. The van der Waals surface area contributed by atoms with E-state index in [1.54, 1.807) is 6.08 Å². The number of fused-ring (bicyclic) bond motifs is 1. The van der Waals surface area contributed by atoms with Crippen molar-refractivity contribution in [2.75, 3.05) is 0 Å². The van der Waals surface area contributed by atoms with Gasteiger partial charge in [-0.3, -0.25) is 0 Å². The molecule has 0 saturated carbocycles. The largest absolute Gasteiger partial charge is 0.416 e. The molecule has 114 valence electrons. The SMILES string of the molecule is N#C/C(=C\c1ccc(C(F)(F)F)cc1)c1csc2ccccc12. The van der Waals surface area contributed by atoms with Crippen molar-refractivity contribution < 1.29 is 13.2 Å². The maximum absolute atomic E-state index is 12.6. The fourth-order valence-electron chi connectivity index (χ4n) is 2.29. The second-order valence-corrected chi connectivity index (χ2v) is 5.85. The van der Waals surface area contributed by atoms with E-state index in [2.05, 4.69) is 6.07 Å². The topological polar surface area (TPSA) is 23.8 Å². The Bertz CT molecular complexity index is 912. The minimum Gasteiger partial charge on any atom is -0.192 e. The molecule has 0 radical (unpaired) electrons. The fraction of sp³-hybridized carbons (Fsp3) is 0.0556. The molecule has 2 aromatic carbocycles. The first-order valence-corrected chi connectivity index (χ1v) is 7.62. The molecule has 5 heteroatoms. The number of hydrogen-bond donors (Lipinski definition) is 0. The molecule has 3 rings (SSSR count). The molecule has 0 saturated heterocycles. The van der Waals surface area contributed by atoms with Gasteiger partial charge in [-0.2, -0.15) is 18.4 Å². The van der Waals surface area contributed by atoms with E-state index in [9.17, 15) is 18.4 Å². The van der Waals surface area contributed by atoms with E-state index in [1.165, 1.54) is 23.5 Å². The van der Waals surface area contributed by atoms with Gasteiger partial charge in [0.2, 0.25) is 0 Å². The van der Waals surface area contributed by atoms with Crippen molar-refractivity contribution >= 4 is 33.1 Å². The summed E-state index contributed by atoms with van der Waals surface area (Å²) < 4.78 is 38.8. The first kappa shape index (κ1) is 15.3. The van der Waals surface area contributed by atoms with E-state index in [1.807, 2.05) is 29.6 Å². The lowest BCUT2D eigenvalue weighted by molar-refractivity contribution is -0.137. The summed E-state index contributed by atoms with van der Waals surface area (Å²) in [5, 5.41) is 12.3. The molecule has 23 heavy (non-hydrogen) atoms. The van der Waals surface area contributed by atoms with Gasteiger partial charge in [0.25, 0.3) is 0 Å². The summed E-state index contributed by atoms with van der Waals surface area (Å²) in [6, 6.07) is 14.6. The van der Waals surface area contributed by atoms with E-state index in [4.69, 9.17) is 0 Å². The third-order valence-electron chi connectivity index (χ3n) is 3.44. The lowest BCUT2D eigenvalue weighted by atomic mass is 10.0. The lowest BCUT2D eigenvalue weighted by Gasteiger charge is -2.06. The van der Waals surface area contributed by atoms with Gasteiger partial charge in [-0.25, -0.2) is 0 Å². The molecular weight excluding hydrogens is 319 g/mol. The van der Waals surface area contributed by atoms with Crippen LogP contribution in [0.15, 0.2) is 53.9 Å². The Hall–Kier alpha value is -2.58. The molecule has 0 bridgehead atoms. The molecule has 1 aromatic heterocycles. The van der Waals surface area contributed by atoms with Gasteiger partial charge in [0, 0.05) is 21.0 Å². The standard InChI is InChI=1S/C18H10F3NS/c19-18(20,21)14-7-5-12(6-8-14)9-13(10-22)16-11-23-17-4-2-1-3-15(16)17/h1-9,11H/b13-9+. The van der Waals surface area contributed by atoms with E-state index in [0.717, 1.165) is 27.8 Å².